The zero-order valence-corrected chi connectivity index (χ0v) is 13.5. The summed E-state index contributed by atoms with van der Waals surface area (Å²) in [5.74, 6) is -1.36. The summed E-state index contributed by atoms with van der Waals surface area (Å²) in [6.07, 6.45) is 2.86. The van der Waals surface area contributed by atoms with Crippen LogP contribution in [0.2, 0.25) is 0 Å². The molecule has 7 heteroatoms. The Balaban J connectivity index is 1.89. The molecule has 1 N–H and O–H groups in total. The Bertz CT molecular complexity index is 744. The van der Waals surface area contributed by atoms with Crippen LogP contribution >= 0.6 is 11.3 Å². The lowest BCUT2D eigenvalue weighted by Crippen LogP contribution is -2.39. The second-order valence-electron chi connectivity index (χ2n) is 5.55. The Hall–Kier alpha value is -2.28. The highest BCUT2D eigenvalue weighted by atomic mass is 32.1. The number of aryl methyl sites for hydroxylation is 1. The fraction of sp³-hybridized carbons (Fsp3) is 0.375. The van der Waals surface area contributed by atoms with Crippen molar-refractivity contribution in [2.75, 3.05) is 6.54 Å². The van der Waals surface area contributed by atoms with Gasteiger partial charge in [-0.15, -0.1) is 11.3 Å². The third-order valence-corrected chi connectivity index (χ3v) is 4.94. The molecule has 1 unspecified atom stereocenters. The minimum absolute atomic E-state index is 0.0507. The molecule has 1 aliphatic rings. The van der Waals surface area contributed by atoms with Gasteiger partial charge in [0, 0.05) is 17.6 Å². The lowest BCUT2D eigenvalue weighted by molar-refractivity contribution is 0.0604. The average molecular weight is 331 g/mol. The van der Waals surface area contributed by atoms with E-state index >= 15 is 0 Å². The fourth-order valence-corrected chi connectivity index (χ4v) is 3.72. The third kappa shape index (κ3) is 3.24. The summed E-state index contributed by atoms with van der Waals surface area (Å²) in [6.45, 7) is 2.58. The molecular formula is C16H17N3O3S. The highest BCUT2D eigenvalue weighted by Crippen LogP contribution is 2.33. The van der Waals surface area contributed by atoms with E-state index in [1.165, 1.54) is 6.07 Å². The van der Waals surface area contributed by atoms with Gasteiger partial charge in [-0.25, -0.2) is 14.8 Å². The van der Waals surface area contributed by atoms with Crippen LogP contribution in [0.15, 0.2) is 23.6 Å². The van der Waals surface area contributed by atoms with E-state index in [9.17, 15) is 9.59 Å². The van der Waals surface area contributed by atoms with Crippen molar-refractivity contribution >= 4 is 23.2 Å². The first kappa shape index (κ1) is 15.6. The van der Waals surface area contributed by atoms with Crippen LogP contribution in [0.25, 0.3) is 0 Å². The van der Waals surface area contributed by atoms with Crippen molar-refractivity contribution in [2.24, 2.45) is 0 Å². The van der Waals surface area contributed by atoms with Crippen molar-refractivity contribution in [1.29, 1.82) is 0 Å². The number of pyridine rings is 1. The molecule has 2 aromatic heterocycles. The molecule has 0 spiro atoms. The van der Waals surface area contributed by atoms with Crippen molar-refractivity contribution in [3.8, 4) is 0 Å². The van der Waals surface area contributed by atoms with Crippen molar-refractivity contribution in [2.45, 2.75) is 32.2 Å². The van der Waals surface area contributed by atoms with E-state index in [2.05, 4.69) is 9.97 Å². The molecule has 3 rings (SSSR count). The second-order valence-corrected chi connectivity index (χ2v) is 6.44. The van der Waals surface area contributed by atoms with Gasteiger partial charge in [-0.05, 0) is 38.3 Å². The Labute approximate surface area is 137 Å². The lowest BCUT2D eigenvalue weighted by Gasteiger charge is -2.34. The van der Waals surface area contributed by atoms with Gasteiger partial charge in [-0.3, -0.25) is 4.79 Å². The summed E-state index contributed by atoms with van der Waals surface area (Å²) in [7, 11) is 0. The average Bonchev–Trinajstić information content (AvgIpc) is 3.00. The molecule has 0 aliphatic carbocycles. The molecular weight excluding hydrogens is 314 g/mol. The number of nitrogens with zero attached hydrogens (tertiary/aromatic N) is 3. The number of piperidine rings is 1. The number of thiazole rings is 1. The van der Waals surface area contributed by atoms with Gasteiger partial charge in [0.1, 0.15) is 16.4 Å². The van der Waals surface area contributed by atoms with Gasteiger partial charge in [0.05, 0.1) is 6.04 Å². The Morgan fingerprint density at radius 1 is 1.26 bits per heavy atom. The highest BCUT2D eigenvalue weighted by molar-refractivity contribution is 7.09. The van der Waals surface area contributed by atoms with Crippen LogP contribution in [0.5, 0.6) is 0 Å². The van der Waals surface area contributed by atoms with E-state index in [-0.39, 0.29) is 23.3 Å². The number of hydrogen-bond donors (Lipinski definition) is 1. The predicted molar refractivity (Wildman–Crippen MR) is 85.7 cm³/mol. The van der Waals surface area contributed by atoms with Crippen LogP contribution < -0.4 is 0 Å². The van der Waals surface area contributed by atoms with Crippen molar-refractivity contribution in [1.82, 2.24) is 14.9 Å². The van der Waals surface area contributed by atoms with E-state index in [4.69, 9.17) is 5.11 Å². The molecule has 2 aromatic rings. The minimum atomic E-state index is -1.13. The SMILES string of the molecule is Cc1csc(C2CCCCN2C(=O)c2cccc(C(=O)O)n2)n1. The quantitative estimate of drug-likeness (QED) is 0.935. The van der Waals surface area contributed by atoms with Gasteiger partial charge in [0.15, 0.2) is 0 Å². The standard InChI is InChI=1S/C16H17N3O3S/c1-10-9-23-14(17-10)13-7-2-3-8-19(13)15(20)11-5-4-6-12(18-11)16(21)22/h4-6,9,13H,2-3,7-8H2,1H3,(H,21,22). The molecule has 1 saturated heterocycles. The normalized spacial score (nSPS) is 18.0. The smallest absolute Gasteiger partial charge is 0.354 e. The molecule has 0 bridgehead atoms. The summed E-state index contributed by atoms with van der Waals surface area (Å²) >= 11 is 1.56. The first-order valence-corrected chi connectivity index (χ1v) is 8.37. The highest BCUT2D eigenvalue weighted by Gasteiger charge is 2.31. The van der Waals surface area contributed by atoms with Gasteiger partial charge < -0.3 is 10.0 Å². The monoisotopic (exact) mass is 331 g/mol. The van der Waals surface area contributed by atoms with Gasteiger partial charge in [-0.1, -0.05) is 6.07 Å². The predicted octanol–water partition coefficient (Wildman–Crippen LogP) is 2.91. The summed E-state index contributed by atoms with van der Waals surface area (Å²) in [5, 5.41) is 12.0. The first-order chi connectivity index (χ1) is 11.1. The van der Waals surface area contributed by atoms with E-state index in [1.54, 1.807) is 28.4 Å². The maximum absolute atomic E-state index is 12.8. The molecule has 1 aliphatic heterocycles. The molecule has 6 nitrogen and oxygen atoms in total. The van der Waals surface area contributed by atoms with Gasteiger partial charge >= 0.3 is 5.97 Å². The van der Waals surface area contributed by atoms with Crippen molar-refractivity contribution in [3.63, 3.8) is 0 Å². The number of aromatic carboxylic acids is 1. The van der Waals surface area contributed by atoms with Gasteiger partial charge in [0.25, 0.3) is 5.91 Å². The van der Waals surface area contributed by atoms with Gasteiger partial charge in [0.2, 0.25) is 0 Å². The Morgan fingerprint density at radius 3 is 2.74 bits per heavy atom. The molecule has 120 valence electrons. The zero-order chi connectivity index (χ0) is 16.4. The van der Waals surface area contributed by atoms with E-state index < -0.39 is 5.97 Å². The number of hydrogen-bond acceptors (Lipinski definition) is 5. The number of carboxylic acid groups (broad SMARTS) is 1. The van der Waals surface area contributed by atoms with Crippen molar-refractivity contribution < 1.29 is 14.7 Å². The number of carboxylic acids is 1. The molecule has 1 amide bonds. The number of likely N-dealkylation sites (tertiary alicyclic amines) is 1. The summed E-state index contributed by atoms with van der Waals surface area (Å²) < 4.78 is 0. The van der Waals surface area contributed by atoms with Crippen LogP contribution in [-0.4, -0.2) is 38.4 Å². The molecule has 1 fully saturated rings. The van der Waals surface area contributed by atoms with E-state index in [0.29, 0.717) is 6.54 Å². The van der Waals surface area contributed by atoms with Crippen LogP contribution in [0, 0.1) is 6.92 Å². The number of amides is 1. The number of rotatable bonds is 3. The molecule has 0 radical (unpaired) electrons. The van der Waals surface area contributed by atoms with Crippen LogP contribution in [-0.2, 0) is 0 Å². The molecule has 1 atom stereocenters. The van der Waals surface area contributed by atoms with E-state index in [0.717, 1.165) is 30.0 Å². The van der Waals surface area contributed by atoms with Crippen LogP contribution in [0.4, 0.5) is 0 Å². The van der Waals surface area contributed by atoms with Crippen LogP contribution in [0.3, 0.4) is 0 Å². The molecule has 0 saturated carbocycles. The molecule has 3 heterocycles. The Morgan fingerprint density at radius 2 is 2.04 bits per heavy atom. The van der Waals surface area contributed by atoms with Gasteiger partial charge in [-0.2, -0.15) is 0 Å². The van der Waals surface area contributed by atoms with E-state index in [1.807, 2.05) is 12.3 Å². The fourth-order valence-electron chi connectivity index (χ4n) is 2.78. The molecule has 23 heavy (non-hydrogen) atoms. The maximum atomic E-state index is 12.8. The number of carbonyl (C=O) groups is 2. The van der Waals surface area contributed by atoms with Crippen LogP contribution in [0.1, 0.15) is 57.0 Å². The van der Waals surface area contributed by atoms with Crippen molar-refractivity contribution in [3.05, 3.63) is 45.7 Å². The topological polar surface area (TPSA) is 83.4 Å². The molecule has 0 aromatic carbocycles. The largest absolute Gasteiger partial charge is 0.477 e. The lowest BCUT2D eigenvalue weighted by atomic mass is 10.0. The summed E-state index contributed by atoms with van der Waals surface area (Å²) in [6, 6.07) is 4.45. The third-order valence-electron chi connectivity index (χ3n) is 3.87. The summed E-state index contributed by atoms with van der Waals surface area (Å²) in [5.41, 5.74) is 1.01. The zero-order valence-electron chi connectivity index (χ0n) is 12.7. The second kappa shape index (κ2) is 6.45. The number of carbonyl (C=O) groups excluding carboxylic acids is 1. The first-order valence-electron chi connectivity index (χ1n) is 7.49. The number of aromatic nitrogens is 2. The summed E-state index contributed by atoms with van der Waals surface area (Å²) in [4.78, 5) is 34.1. The Kier molecular flexibility index (Phi) is 4.38. The minimum Gasteiger partial charge on any atom is -0.477 e. The maximum Gasteiger partial charge on any atom is 0.354 e.